The summed E-state index contributed by atoms with van der Waals surface area (Å²) in [7, 11) is 2.09. The first-order chi connectivity index (χ1) is 11.0. The third-order valence-corrected chi connectivity index (χ3v) is 4.11. The van der Waals surface area contributed by atoms with Gasteiger partial charge in [-0.3, -0.25) is 0 Å². The Bertz CT molecular complexity index is 697. The zero-order valence-corrected chi connectivity index (χ0v) is 13.2. The number of rotatable bonds is 3. The Morgan fingerprint density at radius 3 is 2.57 bits per heavy atom. The summed E-state index contributed by atoms with van der Waals surface area (Å²) in [6, 6.07) is 6.48. The molecule has 122 valence electrons. The maximum Gasteiger partial charge on any atom is 0.223 e. The quantitative estimate of drug-likeness (QED) is 0.883. The summed E-state index contributed by atoms with van der Waals surface area (Å²) < 4.78 is 13.4. The molecule has 2 heterocycles. The van der Waals surface area contributed by atoms with Gasteiger partial charge in [-0.2, -0.15) is 9.97 Å². The molecule has 6 nitrogen and oxygen atoms in total. The number of likely N-dealkylation sites (N-methyl/N-ethyl adjacent to an activating group) is 1. The van der Waals surface area contributed by atoms with Crippen LogP contribution in [0.1, 0.15) is 11.1 Å². The van der Waals surface area contributed by atoms with Crippen LogP contribution in [0.15, 0.2) is 24.3 Å². The third-order valence-electron chi connectivity index (χ3n) is 4.11. The summed E-state index contributed by atoms with van der Waals surface area (Å²) in [5.74, 6) is 1.01. The summed E-state index contributed by atoms with van der Waals surface area (Å²) in [5, 5.41) is 0. The van der Waals surface area contributed by atoms with E-state index in [-0.39, 0.29) is 11.8 Å². The fraction of sp³-hybridized carbons (Fsp3) is 0.375. The van der Waals surface area contributed by atoms with Gasteiger partial charge in [-0.05, 0) is 24.7 Å². The molecule has 0 saturated carbocycles. The Morgan fingerprint density at radius 1 is 1.13 bits per heavy atom. The molecule has 3 rings (SSSR count). The van der Waals surface area contributed by atoms with Crippen LogP contribution >= 0.6 is 0 Å². The zero-order chi connectivity index (χ0) is 16.4. The minimum atomic E-state index is -0.265. The molecule has 0 bridgehead atoms. The molecular formula is C16H21FN6. The summed E-state index contributed by atoms with van der Waals surface area (Å²) in [5.41, 5.74) is 13.5. The standard InChI is InChI=1S/C16H21FN6/c1-22-5-7-23(8-6-22)15-13(14(18)20-16(19)21-15)10-11-3-2-4-12(17)9-11/h2-4,9H,5-8,10H2,1H3,(H4,18,19,20,21). The molecule has 1 saturated heterocycles. The van der Waals surface area contributed by atoms with E-state index < -0.39 is 0 Å². The molecule has 1 fully saturated rings. The molecule has 7 heteroatoms. The normalized spacial score (nSPS) is 15.8. The van der Waals surface area contributed by atoms with Crippen molar-refractivity contribution in [2.75, 3.05) is 49.6 Å². The van der Waals surface area contributed by atoms with E-state index in [4.69, 9.17) is 11.5 Å². The molecule has 2 aromatic rings. The van der Waals surface area contributed by atoms with Gasteiger partial charge in [-0.15, -0.1) is 0 Å². The second kappa shape index (κ2) is 6.37. The average Bonchev–Trinajstić information content (AvgIpc) is 2.51. The van der Waals surface area contributed by atoms with Crippen LogP contribution < -0.4 is 16.4 Å². The fourth-order valence-electron chi connectivity index (χ4n) is 2.81. The number of aromatic nitrogens is 2. The minimum Gasteiger partial charge on any atom is -0.383 e. The van der Waals surface area contributed by atoms with Gasteiger partial charge in [0, 0.05) is 38.2 Å². The molecule has 0 radical (unpaired) electrons. The van der Waals surface area contributed by atoms with E-state index >= 15 is 0 Å². The summed E-state index contributed by atoms with van der Waals surface area (Å²) in [6.07, 6.45) is 0.478. The Balaban J connectivity index is 1.95. The van der Waals surface area contributed by atoms with E-state index in [0.29, 0.717) is 12.2 Å². The smallest absolute Gasteiger partial charge is 0.223 e. The molecule has 0 atom stereocenters. The first kappa shape index (κ1) is 15.5. The summed E-state index contributed by atoms with van der Waals surface area (Å²) >= 11 is 0. The van der Waals surface area contributed by atoms with Crippen molar-refractivity contribution in [3.05, 3.63) is 41.2 Å². The highest BCUT2D eigenvalue weighted by atomic mass is 19.1. The lowest BCUT2D eigenvalue weighted by Crippen LogP contribution is -2.45. The van der Waals surface area contributed by atoms with E-state index in [1.165, 1.54) is 12.1 Å². The van der Waals surface area contributed by atoms with Gasteiger partial charge in [0.2, 0.25) is 5.95 Å². The first-order valence-corrected chi connectivity index (χ1v) is 7.62. The number of hydrogen-bond acceptors (Lipinski definition) is 6. The van der Waals surface area contributed by atoms with Gasteiger partial charge in [-0.25, -0.2) is 4.39 Å². The van der Waals surface area contributed by atoms with Crippen molar-refractivity contribution >= 4 is 17.6 Å². The third kappa shape index (κ3) is 3.50. The Kier molecular flexibility index (Phi) is 4.29. The van der Waals surface area contributed by atoms with Crippen molar-refractivity contribution in [3.8, 4) is 0 Å². The second-order valence-electron chi connectivity index (χ2n) is 5.87. The van der Waals surface area contributed by atoms with E-state index in [0.717, 1.165) is 43.1 Å². The van der Waals surface area contributed by atoms with Crippen molar-refractivity contribution in [2.24, 2.45) is 0 Å². The number of nitrogens with two attached hydrogens (primary N) is 2. The minimum absolute atomic E-state index is 0.166. The molecule has 1 aliphatic rings. The van der Waals surface area contributed by atoms with E-state index in [1.807, 2.05) is 6.07 Å². The molecule has 23 heavy (non-hydrogen) atoms. The number of nitrogens with zero attached hydrogens (tertiary/aromatic N) is 4. The highest BCUT2D eigenvalue weighted by molar-refractivity contribution is 5.61. The van der Waals surface area contributed by atoms with Gasteiger partial charge < -0.3 is 21.3 Å². The molecule has 1 aromatic heterocycles. The van der Waals surface area contributed by atoms with Gasteiger partial charge >= 0.3 is 0 Å². The number of benzene rings is 1. The van der Waals surface area contributed by atoms with Crippen LogP contribution in [0.4, 0.5) is 22.0 Å². The first-order valence-electron chi connectivity index (χ1n) is 7.62. The van der Waals surface area contributed by atoms with Crippen molar-refractivity contribution in [1.29, 1.82) is 0 Å². The molecule has 4 N–H and O–H groups in total. The molecule has 0 unspecified atom stereocenters. The topological polar surface area (TPSA) is 84.3 Å². The number of hydrogen-bond donors (Lipinski definition) is 2. The van der Waals surface area contributed by atoms with Crippen molar-refractivity contribution in [3.63, 3.8) is 0 Å². The fourth-order valence-corrected chi connectivity index (χ4v) is 2.81. The van der Waals surface area contributed by atoms with Crippen molar-refractivity contribution in [2.45, 2.75) is 6.42 Å². The monoisotopic (exact) mass is 316 g/mol. The average molecular weight is 316 g/mol. The van der Waals surface area contributed by atoms with Crippen molar-refractivity contribution in [1.82, 2.24) is 14.9 Å². The predicted molar refractivity (Wildman–Crippen MR) is 89.8 cm³/mol. The lowest BCUT2D eigenvalue weighted by molar-refractivity contribution is 0.312. The van der Waals surface area contributed by atoms with Gasteiger partial charge in [0.15, 0.2) is 0 Å². The number of halogens is 1. The molecule has 0 spiro atoms. The lowest BCUT2D eigenvalue weighted by atomic mass is 10.0. The summed E-state index contributed by atoms with van der Waals surface area (Å²) in [4.78, 5) is 12.9. The SMILES string of the molecule is CN1CCN(c2nc(N)nc(N)c2Cc2cccc(F)c2)CC1. The van der Waals surface area contributed by atoms with Gasteiger partial charge in [-0.1, -0.05) is 12.1 Å². The second-order valence-corrected chi connectivity index (χ2v) is 5.87. The molecular weight excluding hydrogens is 295 g/mol. The van der Waals surface area contributed by atoms with Crippen LogP contribution in [0.25, 0.3) is 0 Å². The maximum absolute atomic E-state index is 13.4. The van der Waals surface area contributed by atoms with Gasteiger partial charge in [0.25, 0.3) is 0 Å². The van der Waals surface area contributed by atoms with Gasteiger partial charge in [0.05, 0.1) is 0 Å². The maximum atomic E-state index is 13.4. The lowest BCUT2D eigenvalue weighted by Gasteiger charge is -2.34. The number of anilines is 3. The Hall–Kier alpha value is -2.41. The molecule has 1 aliphatic heterocycles. The Morgan fingerprint density at radius 2 is 1.87 bits per heavy atom. The predicted octanol–water partition coefficient (Wildman–Crippen LogP) is 1.12. The number of nitrogen functional groups attached to an aromatic ring is 2. The van der Waals surface area contributed by atoms with Gasteiger partial charge in [0.1, 0.15) is 17.5 Å². The van der Waals surface area contributed by atoms with Crippen LogP contribution in [0.5, 0.6) is 0 Å². The van der Waals surface area contributed by atoms with E-state index in [9.17, 15) is 4.39 Å². The zero-order valence-electron chi connectivity index (χ0n) is 13.2. The number of piperazine rings is 1. The van der Waals surface area contributed by atoms with Crippen LogP contribution in [0.3, 0.4) is 0 Å². The van der Waals surface area contributed by atoms with Crippen molar-refractivity contribution < 1.29 is 4.39 Å². The van der Waals surface area contributed by atoms with E-state index in [1.54, 1.807) is 6.07 Å². The molecule has 0 aliphatic carbocycles. The molecule has 0 amide bonds. The van der Waals surface area contributed by atoms with Crippen LogP contribution in [-0.4, -0.2) is 48.1 Å². The Labute approximate surface area is 134 Å². The van der Waals surface area contributed by atoms with Crippen LogP contribution in [0, 0.1) is 5.82 Å². The van der Waals surface area contributed by atoms with Crippen LogP contribution in [-0.2, 0) is 6.42 Å². The van der Waals surface area contributed by atoms with E-state index in [2.05, 4.69) is 26.8 Å². The highest BCUT2D eigenvalue weighted by Gasteiger charge is 2.21. The summed E-state index contributed by atoms with van der Waals surface area (Å²) in [6.45, 7) is 3.59. The largest absolute Gasteiger partial charge is 0.383 e. The highest BCUT2D eigenvalue weighted by Crippen LogP contribution is 2.27. The van der Waals surface area contributed by atoms with Crippen LogP contribution in [0.2, 0.25) is 0 Å². The molecule has 1 aromatic carbocycles.